The number of aryl methyl sites for hydroxylation is 1. The normalized spacial score (nSPS) is 11.0. The second kappa shape index (κ2) is 22.3. The third-order valence-corrected chi connectivity index (χ3v) is 16.5. The van der Waals surface area contributed by atoms with E-state index in [2.05, 4.69) is 54.3 Å². The number of benzene rings is 11. The molecule has 0 amide bonds. The molecule has 0 N–H and O–H groups in total. The average molecular weight is 1170 g/mol. The number of nitriles is 5. The predicted octanol–water partition coefficient (Wildman–Crippen LogP) is 20.8. The molecule has 0 saturated heterocycles. The minimum Gasteiger partial charge on any atom is -0.310 e. The van der Waals surface area contributed by atoms with Gasteiger partial charge in [-0.2, -0.15) is 39.5 Å². The summed E-state index contributed by atoms with van der Waals surface area (Å²) >= 11 is 0. The summed E-state index contributed by atoms with van der Waals surface area (Å²) in [5.41, 5.74) is 13.0. The highest BCUT2D eigenvalue weighted by Crippen LogP contribution is 2.49. The maximum Gasteiger partial charge on any atom is 0.416 e. The van der Waals surface area contributed by atoms with Crippen LogP contribution in [0.5, 0.6) is 0 Å². The Morgan fingerprint density at radius 2 is 0.791 bits per heavy atom. The largest absolute Gasteiger partial charge is 0.416 e. The minimum absolute atomic E-state index is 0.225. The number of fused-ring (bicyclic) bond motifs is 6. The third kappa shape index (κ3) is 9.50. The number of nitrogens with zero attached hydrogens (tertiary/aromatic N) is 11. The van der Waals surface area contributed by atoms with Crippen LogP contribution in [-0.2, 0) is 6.18 Å². The molecular weight excluding hydrogens is 1140 g/mol. The Kier molecular flexibility index (Phi) is 13.8. The summed E-state index contributed by atoms with van der Waals surface area (Å²) in [5, 5.41) is 53.7. The molecule has 0 bridgehead atoms. The Labute approximate surface area is 518 Å². The fourth-order valence-corrected chi connectivity index (χ4v) is 12.4. The number of halogens is 3. The molecule has 0 fully saturated rings. The van der Waals surface area contributed by atoms with Gasteiger partial charge >= 0.3 is 6.18 Å². The van der Waals surface area contributed by atoms with Gasteiger partial charge in [-0.3, -0.25) is 0 Å². The molecular formula is C77H36F3N11. The van der Waals surface area contributed by atoms with E-state index in [-0.39, 0.29) is 22.5 Å². The van der Waals surface area contributed by atoms with Gasteiger partial charge in [-0.25, -0.2) is 19.4 Å². The Balaban J connectivity index is 1.14. The molecule has 0 aliphatic carbocycles. The van der Waals surface area contributed by atoms with Gasteiger partial charge in [0.15, 0.2) is 22.7 Å². The third-order valence-electron chi connectivity index (χ3n) is 16.5. The Morgan fingerprint density at radius 3 is 1.25 bits per heavy atom. The molecule has 13 rings (SSSR count). The van der Waals surface area contributed by atoms with Crippen LogP contribution in [-0.4, -0.2) is 9.13 Å². The van der Waals surface area contributed by atoms with Crippen LogP contribution in [0.1, 0.15) is 38.9 Å². The molecule has 11 nitrogen and oxygen atoms in total. The number of alkyl halides is 3. The van der Waals surface area contributed by atoms with Crippen molar-refractivity contribution in [2.24, 2.45) is 0 Å². The Hall–Kier alpha value is -13.8. The van der Waals surface area contributed by atoms with Gasteiger partial charge in [-0.1, -0.05) is 84.9 Å². The summed E-state index contributed by atoms with van der Waals surface area (Å²) < 4.78 is 47.1. The van der Waals surface area contributed by atoms with Crippen molar-refractivity contribution in [3.63, 3.8) is 0 Å². The van der Waals surface area contributed by atoms with Crippen molar-refractivity contribution in [2.45, 2.75) is 13.1 Å². The lowest BCUT2D eigenvalue weighted by atomic mass is 9.92. The first kappa shape index (κ1) is 56.4. The lowest BCUT2D eigenvalue weighted by molar-refractivity contribution is -0.137. The Bertz CT molecular complexity index is 5530. The van der Waals surface area contributed by atoms with Gasteiger partial charge in [0, 0.05) is 49.5 Å². The SMILES string of the molecule is [C-]#[N+]c1ccc(-c2ccc3c(c2)c2cc(-c4ccc(C#N)cc4[N+]#[C-])ccc2n3-c2ccc(-c3ccc(C(F)(F)F)cc3C)cc2-c2c([N+]#[C-])cccc2-n2c3ccc(-c4ccc(C#N)cc4C#N)cc3c3cc(-c4ccc([N+]#[C-])cc4C#N)ccc32)c(C#N)c1. The van der Waals surface area contributed by atoms with Crippen LogP contribution < -0.4 is 0 Å². The van der Waals surface area contributed by atoms with Crippen molar-refractivity contribution in [3.8, 4) is 108 Å². The zero-order valence-electron chi connectivity index (χ0n) is 47.6. The van der Waals surface area contributed by atoms with Crippen molar-refractivity contribution < 1.29 is 13.2 Å². The van der Waals surface area contributed by atoms with Crippen LogP contribution in [0.4, 0.5) is 35.9 Å². The molecule has 11 aromatic carbocycles. The number of hydrogen-bond donors (Lipinski definition) is 0. The van der Waals surface area contributed by atoms with E-state index in [1.165, 1.54) is 12.1 Å². The summed E-state index contributed by atoms with van der Waals surface area (Å²) in [5.74, 6) is 0. The molecule has 2 heterocycles. The molecule has 0 unspecified atom stereocenters. The molecule has 0 aliphatic rings. The van der Waals surface area contributed by atoms with E-state index in [4.69, 9.17) is 26.3 Å². The lowest BCUT2D eigenvalue weighted by Crippen LogP contribution is -2.05. The number of aromatic nitrogens is 2. The van der Waals surface area contributed by atoms with Gasteiger partial charge in [0.05, 0.1) is 101 Å². The van der Waals surface area contributed by atoms with E-state index in [1.807, 2.05) is 102 Å². The van der Waals surface area contributed by atoms with Crippen LogP contribution in [0.25, 0.3) is 141 Å². The van der Waals surface area contributed by atoms with Crippen molar-refractivity contribution >= 4 is 66.4 Å². The molecule has 0 spiro atoms. The average Bonchev–Trinajstić information content (AvgIpc) is 1.61. The van der Waals surface area contributed by atoms with E-state index in [1.54, 1.807) is 85.8 Å². The second-order valence-electron chi connectivity index (χ2n) is 21.5. The first-order valence-electron chi connectivity index (χ1n) is 27.9. The molecule has 0 atom stereocenters. The van der Waals surface area contributed by atoms with Crippen LogP contribution >= 0.6 is 0 Å². The first-order valence-corrected chi connectivity index (χ1v) is 27.9. The zero-order valence-corrected chi connectivity index (χ0v) is 47.6. The van der Waals surface area contributed by atoms with Crippen LogP contribution in [0.15, 0.2) is 200 Å². The quantitative estimate of drug-likeness (QED) is 0.139. The second-order valence-corrected chi connectivity index (χ2v) is 21.5. The molecule has 2 aromatic heterocycles. The summed E-state index contributed by atoms with van der Waals surface area (Å²) in [7, 11) is 0. The fourth-order valence-electron chi connectivity index (χ4n) is 12.4. The molecule has 14 heteroatoms. The number of rotatable bonds is 8. The standard InChI is InChI=1S/C77H36F3N11/c1-44-29-55(77(78,79)80)16-21-58(44)47-11-28-74(90-70-24-12-49(60-22-17-56(86-2)32-53(60)42-84)35-63(70)66-37-51(15-27-71(66)90)62-20-10-46(40-82)31-69(62)89-5)67(38-47)76-68(88-4)7-6-8-75(76)91-72-25-13-48(59-19-9-45(39-81)30-52(59)41-83)34-64(72)65-36-50(14-26-73(65)91)61-23-18-57(87-3)33-54(61)43-85/h6-38H,1H3. The zero-order chi connectivity index (χ0) is 63.4. The Morgan fingerprint density at radius 1 is 0.363 bits per heavy atom. The lowest BCUT2D eigenvalue weighted by Gasteiger charge is -2.21. The van der Waals surface area contributed by atoms with E-state index in [0.29, 0.717) is 145 Å². The monoisotopic (exact) mass is 1170 g/mol. The van der Waals surface area contributed by atoms with E-state index >= 15 is 0 Å². The van der Waals surface area contributed by atoms with E-state index < -0.39 is 11.7 Å². The smallest absolute Gasteiger partial charge is 0.310 e. The van der Waals surface area contributed by atoms with Crippen molar-refractivity contribution in [1.82, 2.24) is 9.13 Å². The minimum atomic E-state index is -4.61. The number of hydrogen-bond acceptors (Lipinski definition) is 5. The molecule has 0 saturated carbocycles. The molecule has 0 aliphatic heterocycles. The van der Waals surface area contributed by atoms with Crippen LogP contribution in [0.3, 0.4) is 0 Å². The first-order chi connectivity index (χ1) is 44.2. The summed E-state index contributed by atoms with van der Waals surface area (Å²) in [4.78, 5) is 15.1. The van der Waals surface area contributed by atoms with Crippen LogP contribution in [0, 0.1) is 89.9 Å². The van der Waals surface area contributed by atoms with Gasteiger partial charge in [-0.15, -0.1) is 0 Å². The van der Waals surface area contributed by atoms with E-state index in [9.17, 15) is 39.5 Å². The summed E-state index contributed by atoms with van der Waals surface area (Å²) in [6.07, 6.45) is -4.61. The highest BCUT2D eigenvalue weighted by atomic mass is 19.4. The van der Waals surface area contributed by atoms with Crippen molar-refractivity contribution in [1.29, 1.82) is 26.3 Å². The van der Waals surface area contributed by atoms with Crippen molar-refractivity contribution in [2.75, 3.05) is 0 Å². The molecule has 13 aromatic rings. The summed E-state index contributed by atoms with van der Waals surface area (Å²) in [6, 6.07) is 68.5. The topological polar surface area (TPSA) is 146 Å². The maximum atomic E-state index is 14.3. The summed E-state index contributed by atoms with van der Waals surface area (Å²) in [6.45, 7) is 34.0. The van der Waals surface area contributed by atoms with Gasteiger partial charge in [0.2, 0.25) is 0 Å². The van der Waals surface area contributed by atoms with Crippen LogP contribution in [0.2, 0.25) is 0 Å². The predicted molar refractivity (Wildman–Crippen MR) is 346 cm³/mol. The highest BCUT2D eigenvalue weighted by Gasteiger charge is 2.31. The fraction of sp³-hybridized carbons (Fsp3) is 0.0260. The maximum absolute atomic E-state index is 14.3. The molecule has 0 radical (unpaired) electrons. The molecule has 91 heavy (non-hydrogen) atoms. The van der Waals surface area contributed by atoms with Gasteiger partial charge in [-0.05, 0) is 189 Å². The highest BCUT2D eigenvalue weighted by molar-refractivity contribution is 6.15. The molecule has 420 valence electrons. The van der Waals surface area contributed by atoms with Gasteiger partial charge in [0.25, 0.3) is 0 Å². The van der Waals surface area contributed by atoms with Gasteiger partial charge < -0.3 is 9.13 Å². The van der Waals surface area contributed by atoms with Crippen molar-refractivity contribution in [3.05, 3.63) is 285 Å². The van der Waals surface area contributed by atoms with E-state index in [0.717, 1.165) is 22.9 Å². The van der Waals surface area contributed by atoms with Gasteiger partial charge in [0.1, 0.15) is 0 Å².